The summed E-state index contributed by atoms with van der Waals surface area (Å²) < 4.78 is 0. The minimum atomic E-state index is -0.0975. The summed E-state index contributed by atoms with van der Waals surface area (Å²) in [6.07, 6.45) is 0.241. The largest absolute Gasteiger partial charge is 0.372 e. The van der Waals surface area contributed by atoms with E-state index in [0.717, 1.165) is 41.3 Å². The van der Waals surface area contributed by atoms with Gasteiger partial charge in [0, 0.05) is 50.0 Å². The molecule has 0 unspecified atom stereocenters. The van der Waals surface area contributed by atoms with Crippen molar-refractivity contribution in [1.29, 1.82) is 0 Å². The second-order valence-electron chi connectivity index (χ2n) is 6.90. The molecule has 0 saturated heterocycles. The molecule has 5 heteroatoms. The van der Waals surface area contributed by atoms with E-state index in [2.05, 4.69) is 24.1 Å². The van der Waals surface area contributed by atoms with Gasteiger partial charge in [0.25, 0.3) is 0 Å². The lowest BCUT2D eigenvalue weighted by atomic mass is 10.1. The van der Waals surface area contributed by atoms with E-state index in [-0.39, 0.29) is 18.2 Å². The smallest absolute Gasteiger partial charge is 0.226 e. The van der Waals surface area contributed by atoms with Crippen molar-refractivity contribution < 1.29 is 9.59 Å². The summed E-state index contributed by atoms with van der Waals surface area (Å²) in [5, 5.41) is 2.95. The predicted octanol–water partition coefficient (Wildman–Crippen LogP) is 4.53. The number of carbonyl (C=O) groups excluding carboxylic acids is 2. The molecule has 2 amide bonds. The van der Waals surface area contributed by atoms with Gasteiger partial charge in [-0.25, -0.2) is 0 Å². The minimum absolute atomic E-state index is 0.0740. The number of benzene rings is 2. The minimum Gasteiger partial charge on any atom is -0.372 e. The van der Waals surface area contributed by atoms with Crippen LogP contribution >= 0.6 is 0 Å². The molecule has 2 aromatic carbocycles. The number of nitrogens with zero attached hydrogens (tertiary/aromatic N) is 2. The van der Waals surface area contributed by atoms with Crippen LogP contribution in [0.25, 0.3) is 0 Å². The van der Waals surface area contributed by atoms with Gasteiger partial charge in [-0.3, -0.25) is 9.59 Å². The Hall–Kier alpha value is -2.82. The first kappa shape index (κ1) is 21.5. The van der Waals surface area contributed by atoms with Crippen LogP contribution in [-0.4, -0.2) is 31.4 Å². The van der Waals surface area contributed by atoms with Gasteiger partial charge in [0.1, 0.15) is 0 Å². The maximum absolute atomic E-state index is 12.4. The van der Waals surface area contributed by atoms with Crippen LogP contribution in [0.5, 0.6) is 0 Å². The fourth-order valence-electron chi connectivity index (χ4n) is 3.21. The third-order valence-corrected chi connectivity index (χ3v) is 5.11. The molecule has 0 spiro atoms. The molecule has 1 N–H and O–H groups in total. The highest BCUT2D eigenvalue weighted by Gasteiger charge is 2.15. The normalized spacial score (nSPS) is 10.5. The molecule has 150 valence electrons. The molecule has 0 aliphatic rings. The van der Waals surface area contributed by atoms with Gasteiger partial charge in [0.05, 0.1) is 0 Å². The summed E-state index contributed by atoms with van der Waals surface area (Å²) in [5.41, 5.74) is 4.96. The second-order valence-corrected chi connectivity index (χ2v) is 6.90. The van der Waals surface area contributed by atoms with E-state index >= 15 is 0 Å². The van der Waals surface area contributed by atoms with Crippen LogP contribution in [0.4, 0.5) is 17.1 Å². The van der Waals surface area contributed by atoms with E-state index in [0.29, 0.717) is 6.54 Å². The molecule has 0 aliphatic carbocycles. The van der Waals surface area contributed by atoms with E-state index < -0.39 is 0 Å². The van der Waals surface area contributed by atoms with Crippen LogP contribution in [0.2, 0.25) is 0 Å². The monoisotopic (exact) mass is 381 g/mol. The standard InChI is InChI=1S/C23H31N3O2/c1-6-25(7-2)20-11-13-21(14-12-20)26(19(5)27)16-15-23(28)24-22-10-8-9-17(3)18(22)4/h8-14H,6-7,15-16H2,1-5H3,(H,24,28). The van der Waals surface area contributed by atoms with Gasteiger partial charge in [-0.2, -0.15) is 0 Å². The molecule has 0 aromatic heterocycles. The van der Waals surface area contributed by atoms with Gasteiger partial charge in [-0.1, -0.05) is 12.1 Å². The molecule has 2 rings (SSSR count). The summed E-state index contributed by atoms with van der Waals surface area (Å²) in [6.45, 7) is 12.0. The topological polar surface area (TPSA) is 52.6 Å². The third-order valence-electron chi connectivity index (χ3n) is 5.11. The zero-order valence-electron chi connectivity index (χ0n) is 17.6. The molecular formula is C23H31N3O2. The van der Waals surface area contributed by atoms with Crippen molar-refractivity contribution in [3.8, 4) is 0 Å². The first-order chi connectivity index (χ1) is 13.4. The van der Waals surface area contributed by atoms with Crippen LogP contribution in [0, 0.1) is 13.8 Å². The Labute approximate surface area is 168 Å². The van der Waals surface area contributed by atoms with Crippen LogP contribution in [0.1, 0.15) is 38.3 Å². The van der Waals surface area contributed by atoms with Gasteiger partial charge in [0.15, 0.2) is 0 Å². The Kier molecular flexibility index (Phi) is 7.61. The Morgan fingerprint density at radius 1 is 0.929 bits per heavy atom. The number of rotatable bonds is 8. The number of hydrogen-bond donors (Lipinski definition) is 1. The maximum atomic E-state index is 12.4. The zero-order valence-corrected chi connectivity index (χ0v) is 17.6. The molecule has 0 fully saturated rings. The van der Waals surface area contributed by atoms with Gasteiger partial charge in [-0.15, -0.1) is 0 Å². The summed E-state index contributed by atoms with van der Waals surface area (Å²) >= 11 is 0. The van der Waals surface area contributed by atoms with Crippen molar-refractivity contribution in [3.05, 3.63) is 53.6 Å². The van der Waals surface area contributed by atoms with E-state index in [9.17, 15) is 9.59 Å². The van der Waals surface area contributed by atoms with E-state index in [1.165, 1.54) is 6.92 Å². The van der Waals surface area contributed by atoms with Crippen LogP contribution in [0.15, 0.2) is 42.5 Å². The van der Waals surface area contributed by atoms with Crippen molar-refractivity contribution in [3.63, 3.8) is 0 Å². The fourth-order valence-corrected chi connectivity index (χ4v) is 3.21. The number of hydrogen-bond acceptors (Lipinski definition) is 3. The lowest BCUT2D eigenvalue weighted by Gasteiger charge is -2.24. The predicted molar refractivity (Wildman–Crippen MR) is 117 cm³/mol. The number of amides is 2. The lowest BCUT2D eigenvalue weighted by Crippen LogP contribution is -2.32. The quantitative estimate of drug-likeness (QED) is 0.731. The summed E-state index contributed by atoms with van der Waals surface area (Å²) in [5.74, 6) is -0.171. The zero-order chi connectivity index (χ0) is 20.7. The van der Waals surface area contributed by atoms with Crippen molar-refractivity contribution in [2.45, 2.75) is 41.0 Å². The van der Waals surface area contributed by atoms with E-state index in [1.54, 1.807) is 4.90 Å². The van der Waals surface area contributed by atoms with Gasteiger partial charge in [-0.05, 0) is 69.2 Å². The van der Waals surface area contributed by atoms with Gasteiger partial charge < -0.3 is 15.1 Å². The molecule has 0 heterocycles. The maximum Gasteiger partial charge on any atom is 0.226 e. The van der Waals surface area contributed by atoms with Crippen molar-refractivity contribution in [2.24, 2.45) is 0 Å². The SMILES string of the molecule is CCN(CC)c1ccc(N(CCC(=O)Nc2cccc(C)c2C)C(C)=O)cc1. The molecule has 2 aromatic rings. The van der Waals surface area contributed by atoms with Crippen molar-refractivity contribution in [2.75, 3.05) is 34.8 Å². The van der Waals surface area contributed by atoms with Gasteiger partial charge >= 0.3 is 0 Å². The highest BCUT2D eigenvalue weighted by atomic mass is 16.2. The Morgan fingerprint density at radius 3 is 2.11 bits per heavy atom. The van der Waals surface area contributed by atoms with Crippen molar-refractivity contribution >= 4 is 28.9 Å². The molecule has 0 aliphatic heterocycles. The summed E-state index contributed by atoms with van der Waals surface area (Å²) in [4.78, 5) is 28.4. The molecule has 5 nitrogen and oxygen atoms in total. The molecule has 0 radical (unpaired) electrons. The number of aryl methyl sites for hydroxylation is 1. The second kappa shape index (κ2) is 9.93. The first-order valence-corrected chi connectivity index (χ1v) is 9.86. The lowest BCUT2D eigenvalue weighted by molar-refractivity contribution is -0.117. The molecule has 0 atom stereocenters. The number of nitrogens with one attached hydrogen (secondary N) is 1. The molecule has 0 bridgehead atoms. The average molecular weight is 382 g/mol. The van der Waals surface area contributed by atoms with Crippen LogP contribution in [-0.2, 0) is 9.59 Å². The Balaban J connectivity index is 2.04. The molecular weight excluding hydrogens is 350 g/mol. The fraction of sp³-hybridized carbons (Fsp3) is 0.391. The van der Waals surface area contributed by atoms with Gasteiger partial charge in [0.2, 0.25) is 11.8 Å². The van der Waals surface area contributed by atoms with E-state index in [1.807, 2.05) is 56.3 Å². The summed E-state index contributed by atoms with van der Waals surface area (Å²) in [6, 6.07) is 13.8. The summed E-state index contributed by atoms with van der Waals surface area (Å²) in [7, 11) is 0. The van der Waals surface area contributed by atoms with Crippen LogP contribution in [0.3, 0.4) is 0 Å². The first-order valence-electron chi connectivity index (χ1n) is 9.86. The molecule has 28 heavy (non-hydrogen) atoms. The van der Waals surface area contributed by atoms with E-state index in [4.69, 9.17) is 0 Å². The average Bonchev–Trinajstić information content (AvgIpc) is 2.67. The molecule has 0 saturated carbocycles. The highest BCUT2D eigenvalue weighted by molar-refractivity contribution is 5.95. The Bertz CT molecular complexity index is 811. The Morgan fingerprint density at radius 2 is 1.54 bits per heavy atom. The number of carbonyl (C=O) groups is 2. The number of anilines is 3. The third kappa shape index (κ3) is 5.35. The van der Waals surface area contributed by atoms with Crippen LogP contribution < -0.4 is 15.1 Å². The highest BCUT2D eigenvalue weighted by Crippen LogP contribution is 2.22. The van der Waals surface area contributed by atoms with Crippen molar-refractivity contribution in [1.82, 2.24) is 0 Å².